The molecule has 1 unspecified atom stereocenters. The van der Waals surface area contributed by atoms with E-state index in [1.54, 1.807) is 24.3 Å². The number of hydrogen-bond acceptors (Lipinski definition) is 4. The summed E-state index contributed by atoms with van der Waals surface area (Å²) in [5, 5.41) is 18.9. The Morgan fingerprint density at radius 3 is 2.39 bits per heavy atom. The Morgan fingerprint density at radius 2 is 1.87 bits per heavy atom. The summed E-state index contributed by atoms with van der Waals surface area (Å²) in [7, 11) is 0. The standard InChI is InChI=1S/C16H14Cl2O4.C8H15N/c1-9-4-10(2-3-15(9)19)5-12-13(17)6-11(7-14(12)18)22-8-16(20)21;1-4-6-9-7-8(3)5-2/h2-4,6-7,19H,5,8H2,1H3,(H,20,21);4,6-8H,5H2,1-3H3/b;6-4-,9-7?. The van der Waals surface area contributed by atoms with Crippen LogP contribution in [-0.2, 0) is 11.2 Å². The number of aliphatic imine (C=N–C) groups is 1. The summed E-state index contributed by atoms with van der Waals surface area (Å²) >= 11 is 12.4. The first-order valence-electron chi connectivity index (χ1n) is 9.93. The summed E-state index contributed by atoms with van der Waals surface area (Å²) in [6.07, 6.45) is 7.38. The lowest BCUT2D eigenvalue weighted by Crippen LogP contribution is -2.09. The van der Waals surface area contributed by atoms with E-state index < -0.39 is 12.6 Å². The van der Waals surface area contributed by atoms with Crippen LogP contribution in [0.25, 0.3) is 0 Å². The van der Waals surface area contributed by atoms with Crippen molar-refractivity contribution in [2.75, 3.05) is 6.61 Å². The second kappa shape index (κ2) is 13.7. The molecule has 5 nitrogen and oxygen atoms in total. The van der Waals surface area contributed by atoms with E-state index in [2.05, 4.69) is 18.8 Å². The number of phenols is 1. The molecule has 168 valence electrons. The Bertz CT molecular complexity index is 903. The molecule has 0 amide bonds. The molecule has 0 spiro atoms. The number of carbonyl (C=O) groups is 1. The largest absolute Gasteiger partial charge is 0.508 e. The fourth-order valence-electron chi connectivity index (χ4n) is 2.40. The Labute approximate surface area is 194 Å². The van der Waals surface area contributed by atoms with Crippen LogP contribution in [0.4, 0.5) is 0 Å². The lowest BCUT2D eigenvalue weighted by atomic mass is 10.0. The van der Waals surface area contributed by atoms with Gasteiger partial charge in [-0.25, -0.2) is 4.79 Å². The highest BCUT2D eigenvalue weighted by atomic mass is 35.5. The predicted octanol–water partition coefficient (Wildman–Crippen LogP) is 6.70. The van der Waals surface area contributed by atoms with Gasteiger partial charge in [0, 0.05) is 28.9 Å². The van der Waals surface area contributed by atoms with Crippen LogP contribution in [0.2, 0.25) is 10.0 Å². The molecular formula is C24H29Cl2NO4. The third-order valence-corrected chi connectivity index (χ3v) is 5.01. The van der Waals surface area contributed by atoms with Crippen LogP contribution in [0.15, 0.2) is 47.6 Å². The zero-order valence-corrected chi connectivity index (χ0v) is 19.7. The minimum Gasteiger partial charge on any atom is -0.508 e. The van der Waals surface area contributed by atoms with Crippen LogP contribution in [0.1, 0.15) is 43.9 Å². The minimum absolute atomic E-state index is 0.235. The average molecular weight is 466 g/mol. The molecule has 0 aliphatic carbocycles. The Hall–Kier alpha value is -2.50. The topological polar surface area (TPSA) is 79.1 Å². The van der Waals surface area contributed by atoms with E-state index in [0.717, 1.165) is 16.7 Å². The maximum absolute atomic E-state index is 10.5. The molecule has 2 aromatic rings. The third kappa shape index (κ3) is 9.90. The van der Waals surface area contributed by atoms with Gasteiger partial charge in [-0.1, -0.05) is 55.3 Å². The smallest absolute Gasteiger partial charge is 0.341 e. The van der Waals surface area contributed by atoms with E-state index >= 15 is 0 Å². The van der Waals surface area contributed by atoms with E-state index in [0.29, 0.717) is 28.1 Å². The van der Waals surface area contributed by atoms with Crippen LogP contribution in [-0.4, -0.2) is 29.0 Å². The predicted molar refractivity (Wildman–Crippen MR) is 128 cm³/mol. The van der Waals surface area contributed by atoms with Gasteiger partial charge in [0.1, 0.15) is 11.5 Å². The summed E-state index contributed by atoms with van der Waals surface area (Å²) in [6.45, 7) is 7.64. The number of nitrogens with zero attached hydrogens (tertiary/aromatic N) is 1. The van der Waals surface area contributed by atoms with Crippen molar-refractivity contribution in [1.82, 2.24) is 0 Å². The van der Waals surface area contributed by atoms with E-state index in [9.17, 15) is 9.90 Å². The van der Waals surface area contributed by atoms with Crippen LogP contribution in [0.3, 0.4) is 0 Å². The van der Waals surface area contributed by atoms with Gasteiger partial charge < -0.3 is 14.9 Å². The molecule has 2 N–H and O–H groups in total. The van der Waals surface area contributed by atoms with E-state index in [1.807, 2.05) is 38.4 Å². The SMILES string of the molecule is C/C=C\N=CC(C)CC.Cc1cc(Cc2c(Cl)cc(OCC(=O)O)cc2Cl)ccc1O. The normalized spacial score (nSPS) is 11.9. The fraction of sp³-hybridized carbons (Fsp3) is 0.333. The number of halogens is 2. The van der Waals surface area contributed by atoms with Crippen molar-refractivity contribution < 1.29 is 19.7 Å². The molecule has 0 saturated heterocycles. The summed E-state index contributed by atoms with van der Waals surface area (Å²) in [5.41, 5.74) is 2.44. The van der Waals surface area contributed by atoms with Gasteiger partial charge in [0.25, 0.3) is 0 Å². The fourth-order valence-corrected chi connectivity index (χ4v) is 3.00. The molecule has 0 heterocycles. The highest BCUT2D eigenvalue weighted by molar-refractivity contribution is 6.36. The van der Waals surface area contributed by atoms with Gasteiger partial charge in [-0.15, -0.1) is 0 Å². The number of carboxylic acid groups (broad SMARTS) is 1. The van der Waals surface area contributed by atoms with Gasteiger partial charge in [-0.2, -0.15) is 0 Å². The van der Waals surface area contributed by atoms with Crippen molar-refractivity contribution in [3.05, 3.63) is 69.3 Å². The van der Waals surface area contributed by atoms with Gasteiger partial charge in [0.2, 0.25) is 0 Å². The lowest BCUT2D eigenvalue weighted by Gasteiger charge is -2.11. The number of rotatable bonds is 8. The molecule has 2 aromatic carbocycles. The quantitative estimate of drug-likeness (QED) is 0.425. The van der Waals surface area contributed by atoms with Crippen molar-refractivity contribution in [1.29, 1.82) is 0 Å². The molecule has 31 heavy (non-hydrogen) atoms. The maximum Gasteiger partial charge on any atom is 0.341 e. The van der Waals surface area contributed by atoms with Gasteiger partial charge in [0.15, 0.2) is 6.61 Å². The highest BCUT2D eigenvalue weighted by Crippen LogP contribution is 2.32. The van der Waals surface area contributed by atoms with Gasteiger partial charge in [-0.3, -0.25) is 4.99 Å². The number of allylic oxidation sites excluding steroid dienone is 1. The zero-order chi connectivity index (χ0) is 23.4. The molecule has 1 atom stereocenters. The second-order valence-corrected chi connectivity index (χ2v) is 7.83. The highest BCUT2D eigenvalue weighted by Gasteiger charge is 2.11. The summed E-state index contributed by atoms with van der Waals surface area (Å²) in [5.74, 6) is 0.0819. The summed E-state index contributed by atoms with van der Waals surface area (Å²) < 4.78 is 5.07. The maximum atomic E-state index is 10.5. The van der Waals surface area contributed by atoms with Crippen molar-refractivity contribution >= 4 is 35.4 Å². The van der Waals surface area contributed by atoms with Crippen LogP contribution in [0, 0.1) is 12.8 Å². The Balaban J connectivity index is 0.000000452. The third-order valence-electron chi connectivity index (χ3n) is 4.34. The van der Waals surface area contributed by atoms with Crippen LogP contribution >= 0.6 is 23.2 Å². The first kappa shape index (κ1) is 26.5. The molecule has 0 radical (unpaired) electrons. The lowest BCUT2D eigenvalue weighted by molar-refractivity contribution is -0.139. The number of aliphatic carboxylic acids is 1. The molecule has 7 heteroatoms. The van der Waals surface area contributed by atoms with E-state index in [4.69, 9.17) is 33.0 Å². The van der Waals surface area contributed by atoms with Crippen molar-refractivity contribution in [2.45, 2.75) is 40.5 Å². The number of hydrogen-bond donors (Lipinski definition) is 2. The molecule has 0 aromatic heterocycles. The monoisotopic (exact) mass is 465 g/mol. The number of carboxylic acids is 1. The zero-order valence-electron chi connectivity index (χ0n) is 18.2. The number of ether oxygens (including phenoxy) is 1. The molecule has 0 bridgehead atoms. The molecular weight excluding hydrogens is 437 g/mol. The first-order valence-corrected chi connectivity index (χ1v) is 10.7. The number of aromatic hydroxyl groups is 1. The Morgan fingerprint density at radius 1 is 1.23 bits per heavy atom. The van der Waals surface area contributed by atoms with Gasteiger partial charge in [0.05, 0.1) is 0 Å². The molecule has 0 aliphatic heterocycles. The van der Waals surface area contributed by atoms with Crippen molar-refractivity contribution in [2.24, 2.45) is 10.9 Å². The summed E-state index contributed by atoms with van der Waals surface area (Å²) in [4.78, 5) is 14.6. The van der Waals surface area contributed by atoms with Gasteiger partial charge >= 0.3 is 5.97 Å². The number of aryl methyl sites for hydroxylation is 1. The number of phenolic OH excluding ortho intramolecular Hbond substituents is 1. The first-order chi connectivity index (χ1) is 14.7. The van der Waals surface area contributed by atoms with Crippen molar-refractivity contribution in [3.8, 4) is 11.5 Å². The number of benzene rings is 2. The van der Waals surface area contributed by atoms with E-state index in [-0.39, 0.29) is 5.75 Å². The average Bonchev–Trinajstić information content (AvgIpc) is 2.72. The Kier molecular flexibility index (Phi) is 11.8. The molecule has 0 fully saturated rings. The van der Waals surface area contributed by atoms with Crippen LogP contribution in [0.5, 0.6) is 11.5 Å². The molecule has 0 aliphatic rings. The minimum atomic E-state index is -1.07. The second-order valence-electron chi connectivity index (χ2n) is 7.01. The summed E-state index contributed by atoms with van der Waals surface area (Å²) in [6, 6.07) is 8.36. The molecule has 0 saturated carbocycles. The molecule has 2 rings (SSSR count). The van der Waals surface area contributed by atoms with Gasteiger partial charge in [-0.05, 0) is 61.1 Å². The van der Waals surface area contributed by atoms with Crippen LogP contribution < -0.4 is 4.74 Å². The van der Waals surface area contributed by atoms with E-state index in [1.165, 1.54) is 6.42 Å². The van der Waals surface area contributed by atoms with Crippen molar-refractivity contribution in [3.63, 3.8) is 0 Å².